The molecule has 2 aromatic carbocycles. The number of nitrogens with one attached hydrogen (secondary N) is 1. The van der Waals surface area contributed by atoms with E-state index in [0.29, 0.717) is 6.04 Å². The monoisotopic (exact) mass is 255 g/mol. The van der Waals surface area contributed by atoms with E-state index in [2.05, 4.69) is 50.4 Å². The van der Waals surface area contributed by atoms with E-state index in [1.807, 2.05) is 25.2 Å². The van der Waals surface area contributed by atoms with Crippen LogP contribution < -0.4 is 10.1 Å². The average molecular weight is 255 g/mol. The van der Waals surface area contributed by atoms with Crippen LogP contribution in [0.1, 0.15) is 29.7 Å². The van der Waals surface area contributed by atoms with Gasteiger partial charge in [0, 0.05) is 6.04 Å². The molecule has 1 atom stereocenters. The molecular formula is C17H21NO. The van der Waals surface area contributed by atoms with Crippen LogP contribution in [0.4, 0.5) is 0 Å². The predicted octanol–water partition coefficient (Wildman–Crippen LogP) is 4.38. The largest absolute Gasteiger partial charge is 0.457 e. The van der Waals surface area contributed by atoms with Crippen LogP contribution in [0.5, 0.6) is 11.5 Å². The minimum absolute atomic E-state index is 0.357. The summed E-state index contributed by atoms with van der Waals surface area (Å²) < 4.78 is 5.91. The molecule has 0 aromatic heterocycles. The lowest BCUT2D eigenvalue weighted by Gasteiger charge is -2.12. The molecule has 0 fully saturated rings. The van der Waals surface area contributed by atoms with E-state index in [4.69, 9.17) is 4.74 Å². The van der Waals surface area contributed by atoms with Crippen LogP contribution in [0.25, 0.3) is 0 Å². The summed E-state index contributed by atoms with van der Waals surface area (Å²) in [4.78, 5) is 0. The maximum absolute atomic E-state index is 5.91. The fourth-order valence-electron chi connectivity index (χ4n) is 2.03. The molecule has 2 aromatic rings. The first-order valence-corrected chi connectivity index (χ1v) is 6.62. The highest BCUT2D eigenvalue weighted by atomic mass is 16.5. The Labute approximate surface area is 115 Å². The van der Waals surface area contributed by atoms with Crippen LogP contribution >= 0.6 is 0 Å². The lowest BCUT2D eigenvalue weighted by Crippen LogP contribution is -2.11. The smallest absolute Gasteiger partial charge is 0.130 e. The molecule has 2 rings (SSSR count). The third-order valence-electron chi connectivity index (χ3n) is 3.37. The van der Waals surface area contributed by atoms with E-state index in [-0.39, 0.29) is 0 Å². The van der Waals surface area contributed by atoms with Gasteiger partial charge in [-0.3, -0.25) is 0 Å². The number of hydrogen-bond donors (Lipinski definition) is 1. The first-order chi connectivity index (χ1) is 9.10. The zero-order valence-electron chi connectivity index (χ0n) is 12.0. The molecule has 2 heteroatoms. The van der Waals surface area contributed by atoms with E-state index in [1.165, 1.54) is 11.1 Å². The zero-order valence-corrected chi connectivity index (χ0v) is 12.0. The van der Waals surface area contributed by atoms with Gasteiger partial charge >= 0.3 is 0 Å². The SMILES string of the molecule is CNC(C)c1ccc(Oc2ccc(C)cc2C)cc1. The predicted molar refractivity (Wildman–Crippen MR) is 79.9 cm³/mol. The Morgan fingerprint density at radius 3 is 2.26 bits per heavy atom. The van der Waals surface area contributed by atoms with Gasteiger partial charge in [0.1, 0.15) is 11.5 Å². The standard InChI is InChI=1S/C17H21NO/c1-12-5-10-17(13(2)11-12)19-16-8-6-15(7-9-16)14(3)18-4/h5-11,14,18H,1-4H3. The highest BCUT2D eigenvalue weighted by Gasteiger charge is 2.04. The fraction of sp³-hybridized carbons (Fsp3) is 0.294. The molecule has 0 heterocycles. The minimum Gasteiger partial charge on any atom is -0.457 e. The van der Waals surface area contributed by atoms with Crippen LogP contribution in [-0.4, -0.2) is 7.05 Å². The van der Waals surface area contributed by atoms with Crippen molar-refractivity contribution in [3.8, 4) is 11.5 Å². The van der Waals surface area contributed by atoms with Gasteiger partial charge in [-0.05, 0) is 57.1 Å². The summed E-state index contributed by atoms with van der Waals surface area (Å²) in [6, 6.07) is 14.8. The lowest BCUT2D eigenvalue weighted by atomic mass is 10.1. The van der Waals surface area contributed by atoms with Crippen LogP contribution in [0.3, 0.4) is 0 Å². The molecule has 0 aliphatic rings. The fourth-order valence-corrected chi connectivity index (χ4v) is 2.03. The second-order valence-electron chi connectivity index (χ2n) is 4.95. The molecule has 0 aliphatic carbocycles. The van der Waals surface area contributed by atoms with Crippen LogP contribution in [-0.2, 0) is 0 Å². The number of aryl methyl sites for hydroxylation is 2. The van der Waals surface area contributed by atoms with Gasteiger partial charge in [-0.25, -0.2) is 0 Å². The van der Waals surface area contributed by atoms with Gasteiger partial charge in [-0.1, -0.05) is 29.8 Å². The summed E-state index contributed by atoms with van der Waals surface area (Å²) >= 11 is 0. The molecule has 1 N–H and O–H groups in total. The molecule has 0 saturated heterocycles. The van der Waals surface area contributed by atoms with Gasteiger partial charge < -0.3 is 10.1 Å². The number of rotatable bonds is 4. The Morgan fingerprint density at radius 2 is 1.68 bits per heavy atom. The third kappa shape index (κ3) is 3.36. The second-order valence-corrected chi connectivity index (χ2v) is 4.95. The molecular weight excluding hydrogens is 234 g/mol. The first kappa shape index (κ1) is 13.6. The van der Waals surface area contributed by atoms with Gasteiger partial charge in [-0.2, -0.15) is 0 Å². The topological polar surface area (TPSA) is 21.3 Å². The maximum Gasteiger partial charge on any atom is 0.130 e. The summed E-state index contributed by atoms with van der Waals surface area (Å²) in [5.74, 6) is 1.79. The molecule has 0 aliphatic heterocycles. The normalized spacial score (nSPS) is 12.2. The van der Waals surface area contributed by atoms with Crippen molar-refractivity contribution in [3.63, 3.8) is 0 Å². The minimum atomic E-state index is 0.357. The van der Waals surface area contributed by atoms with Crippen molar-refractivity contribution in [3.05, 3.63) is 59.2 Å². The van der Waals surface area contributed by atoms with Crippen LogP contribution in [0.15, 0.2) is 42.5 Å². The second kappa shape index (κ2) is 5.89. The van der Waals surface area contributed by atoms with Crippen molar-refractivity contribution in [2.45, 2.75) is 26.8 Å². The quantitative estimate of drug-likeness (QED) is 0.875. The molecule has 0 spiro atoms. The number of benzene rings is 2. The van der Waals surface area contributed by atoms with Crippen molar-refractivity contribution in [2.24, 2.45) is 0 Å². The van der Waals surface area contributed by atoms with Crippen LogP contribution in [0.2, 0.25) is 0 Å². The molecule has 100 valence electrons. The average Bonchev–Trinajstić information content (AvgIpc) is 2.42. The van der Waals surface area contributed by atoms with E-state index in [1.54, 1.807) is 0 Å². The summed E-state index contributed by atoms with van der Waals surface area (Å²) in [5.41, 5.74) is 3.67. The summed E-state index contributed by atoms with van der Waals surface area (Å²) in [6.45, 7) is 6.30. The van der Waals surface area contributed by atoms with Crippen molar-refractivity contribution in [2.75, 3.05) is 7.05 Å². The van der Waals surface area contributed by atoms with E-state index in [9.17, 15) is 0 Å². The van der Waals surface area contributed by atoms with Crippen LogP contribution in [0, 0.1) is 13.8 Å². The molecule has 0 radical (unpaired) electrons. The van der Waals surface area contributed by atoms with Gasteiger partial charge in [0.15, 0.2) is 0 Å². The lowest BCUT2D eigenvalue weighted by molar-refractivity contribution is 0.478. The summed E-state index contributed by atoms with van der Waals surface area (Å²) in [7, 11) is 1.96. The Hall–Kier alpha value is -1.80. The molecule has 1 unspecified atom stereocenters. The van der Waals surface area contributed by atoms with Crippen molar-refractivity contribution in [1.82, 2.24) is 5.32 Å². The van der Waals surface area contributed by atoms with E-state index < -0.39 is 0 Å². The Kier molecular flexibility index (Phi) is 4.23. The van der Waals surface area contributed by atoms with Gasteiger partial charge in [0.25, 0.3) is 0 Å². The number of ether oxygens (including phenoxy) is 1. The zero-order chi connectivity index (χ0) is 13.8. The first-order valence-electron chi connectivity index (χ1n) is 6.62. The Morgan fingerprint density at radius 1 is 1.00 bits per heavy atom. The third-order valence-corrected chi connectivity index (χ3v) is 3.37. The van der Waals surface area contributed by atoms with Gasteiger partial charge in [0.2, 0.25) is 0 Å². The molecule has 19 heavy (non-hydrogen) atoms. The van der Waals surface area contributed by atoms with Crippen molar-refractivity contribution >= 4 is 0 Å². The summed E-state index contributed by atoms with van der Waals surface area (Å²) in [6.07, 6.45) is 0. The highest BCUT2D eigenvalue weighted by molar-refractivity contribution is 5.40. The van der Waals surface area contributed by atoms with Gasteiger partial charge in [0.05, 0.1) is 0 Å². The number of hydrogen-bond acceptors (Lipinski definition) is 2. The Balaban J connectivity index is 2.15. The Bertz CT molecular complexity index is 546. The molecule has 2 nitrogen and oxygen atoms in total. The van der Waals surface area contributed by atoms with Crippen molar-refractivity contribution in [1.29, 1.82) is 0 Å². The van der Waals surface area contributed by atoms with E-state index in [0.717, 1.165) is 17.1 Å². The highest BCUT2D eigenvalue weighted by Crippen LogP contribution is 2.26. The molecule has 0 bridgehead atoms. The van der Waals surface area contributed by atoms with Crippen molar-refractivity contribution < 1.29 is 4.74 Å². The molecule has 0 saturated carbocycles. The van der Waals surface area contributed by atoms with E-state index >= 15 is 0 Å². The van der Waals surface area contributed by atoms with Gasteiger partial charge in [-0.15, -0.1) is 0 Å². The molecule has 0 amide bonds. The summed E-state index contributed by atoms with van der Waals surface area (Å²) in [5, 5.41) is 3.22. The maximum atomic E-state index is 5.91.